The summed E-state index contributed by atoms with van der Waals surface area (Å²) in [5.41, 5.74) is 0.290. The maximum Gasteiger partial charge on any atom is 0.245 e. The van der Waals surface area contributed by atoms with Gasteiger partial charge in [0.15, 0.2) is 0 Å². The highest BCUT2D eigenvalue weighted by Gasteiger charge is 2.45. The smallest absolute Gasteiger partial charge is 0.245 e. The first-order valence-corrected chi connectivity index (χ1v) is 9.20. The predicted octanol–water partition coefficient (Wildman–Crippen LogP) is 1.60. The van der Waals surface area contributed by atoms with E-state index in [1.807, 2.05) is 6.07 Å². The third kappa shape index (κ3) is 2.61. The number of carbonyl (C=O) groups excluding carboxylic acids is 1. The topological polar surface area (TPSA) is 81.5 Å². The zero-order valence-electron chi connectivity index (χ0n) is 12.6. The maximum absolute atomic E-state index is 12.9. The molecule has 0 aliphatic carbocycles. The SMILES string of the molecule is C[C@H]1C(=O)N2CCC[C@H]2CN1S(=O)(=O)c1ccc(C#N)cc1Cl. The number of fused-ring (bicyclic) bond motifs is 1. The number of piperazine rings is 1. The Bertz CT molecular complexity index is 803. The molecular formula is C15H16ClN3O3S. The summed E-state index contributed by atoms with van der Waals surface area (Å²) >= 11 is 6.05. The molecule has 0 radical (unpaired) electrons. The Morgan fingerprint density at radius 1 is 1.39 bits per heavy atom. The first-order chi connectivity index (χ1) is 10.9. The zero-order valence-corrected chi connectivity index (χ0v) is 14.1. The fourth-order valence-corrected chi connectivity index (χ4v) is 5.40. The second kappa shape index (κ2) is 5.78. The zero-order chi connectivity index (χ0) is 16.8. The standard InChI is InChI=1S/C15H16ClN3O3S/c1-10-15(20)18-6-2-3-12(18)9-19(10)23(21,22)14-5-4-11(8-17)7-13(14)16/h4-5,7,10,12H,2-3,6,9H2,1H3/t10-,12-/m0/s1. The number of amides is 1. The lowest BCUT2D eigenvalue weighted by molar-refractivity contribution is -0.139. The first-order valence-electron chi connectivity index (χ1n) is 7.38. The van der Waals surface area contributed by atoms with Crippen LogP contribution in [0.15, 0.2) is 23.1 Å². The van der Waals surface area contributed by atoms with Gasteiger partial charge in [0.2, 0.25) is 15.9 Å². The van der Waals surface area contributed by atoms with Gasteiger partial charge in [0.1, 0.15) is 10.9 Å². The predicted molar refractivity (Wildman–Crippen MR) is 84.3 cm³/mol. The lowest BCUT2D eigenvalue weighted by atomic mass is 10.1. The van der Waals surface area contributed by atoms with Crippen LogP contribution >= 0.6 is 11.6 Å². The van der Waals surface area contributed by atoms with Crippen LogP contribution in [-0.2, 0) is 14.8 Å². The van der Waals surface area contributed by atoms with Gasteiger partial charge < -0.3 is 4.90 Å². The minimum Gasteiger partial charge on any atom is -0.337 e. The maximum atomic E-state index is 12.9. The van der Waals surface area contributed by atoms with Crippen molar-refractivity contribution in [2.45, 2.75) is 36.7 Å². The monoisotopic (exact) mass is 353 g/mol. The molecule has 23 heavy (non-hydrogen) atoms. The van der Waals surface area contributed by atoms with Crippen LogP contribution in [0.25, 0.3) is 0 Å². The van der Waals surface area contributed by atoms with Crippen LogP contribution in [0, 0.1) is 11.3 Å². The highest BCUT2D eigenvalue weighted by atomic mass is 35.5. The Kier molecular flexibility index (Phi) is 4.08. The lowest BCUT2D eigenvalue weighted by Gasteiger charge is -2.40. The van der Waals surface area contributed by atoms with E-state index in [4.69, 9.17) is 16.9 Å². The average molecular weight is 354 g/mol. The van der Waals surface area contributed by atoms with Crippen molar-refractivity contribution in [2.24, 2.45) is 0 Å². The molecule has 1 amide bonds. The summed E-state index contributed by atoms with van der Waals surface area (Å²) in [6, 6.07) is 5.17. The van der Waals surface area contributed by atoms with E-state index in [-0.39, 0.29) is 28.4 Å². The molecule has 0 saturated carbocycles. The van der Waals surface area contributed by atoms with E-state index < -0.39 is 16.1 Å². The molecule has 6 nitrogen and oxygen atoms in total. The Labute approximate surface area is 140 Å². The van der Waals surface area contributed by atoms with E-state index in [1.54, 1.807) is 11.8 Å². The van der Waals surface area contributed by atoms with Gasteiger partial charge in [0, 0.05) is 19.1 Å². The molecule has 0 unspecified atom stereocenters. The van der Waals surface area contributed by atoms with Crippen molar-refractivity contribution >= 4 is 27.5 Å². The van der Waals surface area contributed by atoms with E-state index >= 15 is 0 Å². The van der Waals surface area contributed by atoms with Gasteiger partial charge in [-0.3, -0.25) is 4.79 Å². The van der Waals surface area contributed by atoms with Crippen molar-refractivity contribution in [3.05, 3.63) is 28.8 Å². The van der Waals surface area contributed by atoms with Gasteiger partial charge in [0.25, 0.3) is 0 Å². The van der Waals surface area contributed by atoms with Gasteiger partial charge in [-0.1, -0.05) is 11.6 Å². The van der Waals surface area contributed by atoms with Crippen LogP contribution in [0.5, 0.6) is 0 Å². The summed E-state index contributed by atoms with van der Waals surface area (Å²) in [5, 5.41) is 8.86. The normalized spacial score (nSPS) is 25.3. The third-order valence-corrected chi connectivity index (χ3v) is 6.91. The molecule has 1 aromatic carbocycles. The molecule has 2 saturated heterocycles. The molecule has 0 bridgehead atoms. The molecule has 8 heteroatoms. The van der Waals surface area contributed by atoms with Gasteiger partial charge >= 0.3 is 0 Å². The molecule has 2 aliphatic heterocycles. The van der Waals surface area contributed by atoms with Gasteiger partial charge in [-0.2, -0.15) is 9.57 Å². The summed E-state index contributed by atoms with van der Waals surface area (Å²) in [4.78, 5) is 14.1. The summed E-state index contributed by atoms with van der Waals surface area (Å²) in [7, 11) is -3.89. The average Bonchev–Trinajstić information content (AvgIpc) is 2.99. The summed E-state index contributed by atoms with van der Waals surface area (Å²) in [6.45, 7) is 2.58. The van der Waals surface area contributed by atoms with E-state index in [1.165, 1.54) is 22.5 Å². The summed E-state index contributed by atoms with van der Waals surface area (Å²) in [5.74, 6) is -0.160. The molecule has 1 aromatic rings. The van der Waals surface area contributed by atoms with Crippen molar-refractivity contribution in [2.75, 3.05) is 13.1 Å². The molecule has 2 aliphatic rings. The van der Waals surface area contributed by atoms with E-state index in [2.05, 4.69) is 0 Å². The highest BCUT2D eigenvalue weighted by molar-refractivity contribution is 7.89. The third-order valence-electron chi connectivity index (χ3n) is 4.49. The Hall–Kier alpha value is -1.62. The number of nitrogens with zero attached hydrogens (tertiary/aromatic N) is 3. The Morgan fingerprint density at radius 2 is 2.13 bits per heavy atom. The molecule has 122 valence electrons. The van der Waals surface area contributed by atoms with Crippen molar-refractivity contribution in [3.8, 4) is 6.07 Å². The van der Waals surface area contributed by atoms with Crippen LogP contribution < -0.4 is 0 Å². The van der Waals surface area contributed by atoms with Crippen LogP contribution in [0.3, 0.4) is 0 Å². The number of sulfonamides is 1. The first kappa shape index (κ1) is 16.2. The van der Waals surface area contributed by atoms with Crippen LogP contribution in [0.1, 0.15) is 25.3 Å². The molecule has 3 rings (SSSR count). The highest BCUT2D eigenvalue weighted by Crippen LogP contribution is 2.32. The summed E-state index contributed by atoms with van der Waals surface area (Å²) in [6.07, 6.45) is 1.71. The van der Waals surface area contributed by atoms with E-state index in [9.17, 15) is 13.2 Å². The van der Waals surface area contributed by atoms with Crippen LogP contribution in [0.4, 0.5) is 0 Å². The van der Waals surface area contributed by atoms with Gasteiger partial charge in [-0.15, -0.1) is 0 Å². The van der Waals surface area contributed by atoms with Gasteiger partial charge in [0.05, 0.1) is 16.7 Å². The number of hydrogen-bond acceptors (Lipinski definition) is 4. The number of halogens is 1. The molecule has 0 N–H and O–H groups in total. The van der Waals surface area contributed by atoms with Crippen molar-refractivity contribution in [1.82, 2.24) is 9.21 Å². The fraction of sp³-hybridized carbons (Fsp3) is 0.467. The largest absolute Gasteiger partial charge is 0.337 e. The minimum absolute atomic E-state index is 0.00227. The minimum atomic E-state index is -3.89. The molecule has 0 spiro atoms. The summed E-state index contributed by atoms with van der Waals surface area (Å²) < 4.78 is 27.1. The Balaban J connectivity index is 1.99. The van der Waals surface area contributed by atoms with Crippen LogP contribution in [0.2, 0.25) is 5.02 Å². The van der Waals surface area contributed by atoms with E-state index in [0.29, 0.717) is 12.1 Å². The quantitative estimate of drug-likeness (QED) is 0.808. The number of carbonyl (C=O) groups is 1. The second-order valence-electron chi connectivity index (χ2n) is 5.84. The molecular weight excluding hydrogens is 338 g/mol. The molecule has 2 heterocycles. The van der Waals surface area contributed by atoms with Gasteiger partial charge in [-0.05, 0) is 38.0 Å². The Morgan fingerprint density at radius 3 is 2.78 bits per heavy atom. The van der Waals surface area contributed by atoms with Crippen molar-refractivity contribution < 1.29 is 13.2 Å². The molecule has 2 atom stereocenters. The van der Waals surface area contributed by atoms with Crippen LogP contribution in [-0.4, -0.2) is 48.7 Å². The number of benzene rings is 1. The van der Waals surface area contributed by atoms with E-state index in [0.717, 1.165) is 12.8 Å². The van der Waals surface area contributed by atoms with Crippen molar-refractivity contribution in [3.63, 3.8) is 0 Å². The number of hydrogen-bond donors (Lipinski definition) is 0. The molecule has 2 fully saturated rings. The fourth-order valence-electron chi connectivity index (χ4n) is 3.26. The number of rotatable bonds is 2. The second-order valence-corrected chi connectivity index (χ2v) is 8.10. The number of nitriles is 1. The van der Waals surface area contributed by atoms with Gasteiger partial charge in [-0.25, -0.2) is 8.42 Å². The lowest BCUT2D eigenvalue weighted by Crippen LogP contribution is -2.59. The van der Waals surface area contributed by atoms with Crippen molar-refractivity contribution in [1.29, 1.82) is 5.26 Å². The molecule has 0 aromatic heterocycles.